The number of hydrogen-bond acceptors (Lipinski definition) is 4. The maximum absolute atomic E-state index is 13.3. The Balaban J connectivity index is 1.69. The first-order valence-electron chi connectivity index (χ1n) is 10.1. The Morgan fingerprint density at radius 3 is 2.57 bits per heavy atom. The van der Waals surface area contributed by atoms with Crippen LogP contribution in [0.5, 0.6) is 0 Å². The molecule has 0 saturated heterocycles. The lowest BCUT2D eigenvalue weighted by Gasteiger charge is -2.38. The average molecular weight is 419 g/mol. The summed E-state index contributed by atoms with van der Waals surface area (Å²) in [5.41, 5.74) is 4.72. The van der Waals surface area contributed by atoms with Crippen molar-refractivity contribution in [2.75, 3.05) is 5.32 Å². The summed E-state index contributed by atoms with van der Waals surface area (Å²) < 4.78 is 1.85. The lowest BCUT2D eigenvalue weighted by atomic mass is 9.73. The molecule has 0 spiro atoms. The summed E-state index contributed by atoms with van der Waals surface area (Å²) in [5.74, 6) is 1.48. The molecule has 0 amide bonds. The van der Waals surface area contributed by atoms with Crippen LogP contribution in [0.2, 0.25) is 5.02 Å². The van der Waals surface area contributed by atoms with Crippen molar-refractivity contribution in [1.82, 2.24) is 14.8 Å². The quantitative estimate of drug-likeness (QED) is 0.591. The van der Waals surface area contributed by atoms with E-state index in [1.165, 1.54) is 0 Å². The summed E-state index contributed by atoms with van der Waals surface area (Å²) in [7, 11) is 0. The molecule has 2 heterocycles. The van der Waals surface area contributed by atoms with Crippen LogP contribution >= 0.6 is 11.6 Å². The smallest absolute Gasteiger partial charge is 0.226 e. The third-order valence-electron chi connectivity index (χ3n) is 5.90. The lowest BCUT2D eigenvalue weighted by molar-refractivity contribution is -0.118. The summed E-state index contributed by atoms with van der Waals surface area (Å²) in [6.07, 6.45) is 1.32. The number of halogens is 1. The molecule has 1 aromatic heterocycles. The standard InChI is InChI=1S/C24H23ClN4O/c1-14-6-4-5-7-17(14)22-27-23-26-18-12-24(2,3)13-19(30)20(18)21(29(23)28-22)15-8-10-16(25)11-9-15/h4-11,21H,12-13H2,1-3H3,(H,26,27,28). The van der Waals surface area contributed by atoms with Crippen molar-refractivity contribution in [1.29, 1.82) is 0 Å². The molecule has 0 bridgehead atoms. The van der Waals surface area contributed by atoms with Gasteiger partial charge in [0.05, 0.1) is 0 Å². The van der Waals surface area contributed by atoms with E-state index in [2.05, 4.69) is 32.2 Å². The van der Waals surface area contributed by atoms with Gasteiger partial charge in [0.1, 0.15) is 6.04 Å². The number of anilines is 1. The molecule has 5 nitrogen and oxygen atoms in total. The maximum atomic E-state index is 13.3. The molecule has 5 rings (SSSR count). The van der Waals surface area contributed by atoms with Crippen molar-refractivity contribution in [3.8, 4) is 11.4 Å². The van der Waals surface area contributed by atoms with Gasteiger partial charge in [-0.25, -0.2) is 4.68 Å². The van der Waals surface area contributed by atoms with E-state index in [1.54, 1.807) is 0 Å². The molecular formula is C24H23ClN4O. The van der Waals surface area contributed by atoms with Crippen molar-refractivity contribution in [3.63, 3.8) is 0 Å². The number of benzene rings is 2. The number of fused-ring (bicyclic) bond motifs is 1. The number of allylic oxidation sites excluding steroid dienone is 2. The first-order valence-corrected chi connectivity index (χ1v) is 10.5. The molecular weight excluding hydrogens is 396 g/mol. The molecule has 1 unspecified atom stereocenters. The van der Waals surface area contributed by atoms with Crippen molar-refractivity contribution in [2.45, 2.75) is 39.7 Å². The molecule has 0 radical (unpaired) electrons. The second kappa shape index (κ2) is 6.81. The number of nitrogens with one attached hydrogen (secondary N) is 1. The number of nitrogens with zero attached hydrogens (tertiary/aromatic N) is 3. The molecule has 1 atom stereocenters. The first-order chi connectivity index (χ1) is 14.3. The highest BCUT2D eigenvalue weighted by molar-refractivity contribution is 6.30. The van der Waals surface area contributed by atoms with Crippen LogP contribution in [0, 0.1) is 12.3 Å². The molecule has 1 aliphatic carbocycles. The van der Waals surface area contributed by atoms with Crippen LogP contribution in [-0.4, -0.2) is 20.5 Å². The Hall–Kier alpha value is -2.92. The molecule has 1 N–H and O–H groups in total. The van der Waals surface area contributed by atoms with E-state index >= 15 is 0 Å². The SMILES string of the molecule is Cc1ccccc1-c1nc2n(n1)C(c1ccc(Cl)cc1)C1=C(CC(C)(C)CC1=O)N2. The van der Waals surface area contributed by atoms with Crippen molar-refractivity contribution in [2.24, 2.45) is 5.41 Å². The van der Waals surface area contributed by atoms with Gasteiger partial charge in [-0.2, -0.15) is 4.98 Å². The molecule has 2 aromatic carbocycles. The van der Waals surface area contributed by atoms with E-state index in [-0.39, 0.29) is 17.2 Å². The van der Waals surface area contributed by atoms with Crippen LogP contribution < -0.4 is 5.32 Å². The second-order valence-electron chi connectivity index (χ2n) is 8.93. The largest absolute Gasteiger partial charge is 0.328 e. The Morgan fingerprint density at radius 2 is 1.83 bits per heavy atom. The molecule has 30 heavy (non-hydrogen) atoms. The summed E-state index contributed by atoms with van der Waals surface area (Å²) in [4.78, 5) is 18.1. The Bertz CT molecular complexity index is 1190. The number of ketones is 1. The summed E-state index contributed by atoms with van der Waals surface area (Å²) >= 11 is 6.13. The minimum absolute atomic E-state index is 0.0888. The van der Waals surface area contributed by atoms with Crippen LogP contribution in [0.1, 0.15) is 43.9 Å². The number of hydrogen-bond donors (Lipinski definition) is 1. The zero-order valence-electron chi connectivity index (χ0n) is 17.2. The molecule has 1 aliphatic heterocycles. The summed E-state index contributed by atoms with van der Waals surface area (Å²) in [6.45, 7) is 6.31. The Kier molecular flexibility index (Phi) is 4.33. The van der Waals surface area contributed by atoms with Crippen LogP contribution in [0.25, 0.3) is 11.4 Å². The molecule has 152 valence electrons. The van der Waals surface area contributed by atoms with Crippen molar-refractivity contribution >= 4 is 23.3 Å². The average Bonchev–Trinajstić information content (AvgIpc) is 3.10. The lowest BCUT2D eigenvalue weighted by Crippen LogP contribution is -2.36. The molecule has 0 fully saturated rings. The number of aromatic nitrogens is 3. The maximum Gasteiger partial charge on any atom is 0.226 e. The van der Waals surface area contributed by atoms with Gasteiger partial charge in [-0.1, -0.05) is 61.8 Å². The van der Waals surface area contributed by atoms with Crippen molar-refractivity contribution in [3.05, 3.63) is 76.0 Å². The zero-order valence-corrected chi connectivity index (χ0v) is 18.0. The van der Waals surface area contributed by atoms with Gasteiger partial charge in [0, 0.05) is 28.3 Å². The minimum atomic E-state index is -0.317. The van der Waals surface area contributed by atoms with Gasteiger partial charge < -0.3 is 5.32 Å². The monoisotopic (exact) mass is 418 g/mol. The van der Waals surface area contributed by atoms with Gasteiger partial charge in [0.2, 0.25) is 5.95 Å². The summed E-state index contributed by atoms with van der Waals surface area (Å²) in [6, 6.07) is 15.4. The molecule has 6 heteroatoms. The fourth-order valence-corrected chi connectivity index (χ4v) is 4.63. The number of aryl methyl sites for hydroxylation is 1. The van der Waals surface area contributed by atoms with Gasteiger partial charge in [-0.05, 0) is 42.0 Å². The fraction of sp³-hybridized carbons (Fsp3) is 0.292. The van der Waals surface area contributed by atoms with Crippen LogP contribution in [0.4, 0.5) is 5.95 Å². The number of Topliss-reactive ketones (excluding diaryl/α,β-unsaturated/α-hetero) is 1. The van der Waals surface area contributed by atoms with E-state index in [0.29, 0.717) is 23.2 Å². The zero-order chi connectivity index (χ0) is 21.0. The van der Waals surface area contributed by atoms with E-state index in [9.17, 15) is 4.79 Å². The predicted molar refractivity (Wildman–Crippen MR) is 118 cm³/mol. The predicted octanol–water partition coefficient (Wildman–Crippen LogP) is 5.57. The summed E-state index contributed by atoms with van der Waals surface area (Å²) in [5, 5.41) is 8.94. The minimum Gasteiger partial charge on any atom is -0.328 e. The fourth-order valence-electron chi connectivity index (χ4n) is 4.50. The molecule has 0 saturated carbocycles. The highest BCUT2D eigenvalue weighted by Gasteiger charge is 2.41. The number of carbonyl (C=O) groups excluding carboxylic acids is 1. The second-order valence-corrected chi connectivity index (χ2v) is 9.37. The topological polar surface area (TPSA) is 59.8 Å². The third-order valence-corrected chi connectivity index (χ3v) is 6.16. The number of carbonyl (C=O) groups is 1. The Morgan fingerprint density at radius 1 is 1.10 bits per heavy atom. The highest BCUT2D eigenvalue weighted by Crippen LogP contribution is 2.45. The van der Waals surface area contributed by atoms with Crippen molar-refractivity contribution < 1.29 is 4.79 Å². The van der Waals surface area contributed by atoms with Gasteiger partial charge in [-0.3, -0.25) is 4.79 Å². The van der Waals surface area contributed by atoms with E-state index in [0.717, 1.165) is 34.4 Å². The third kappa shape index (κ3) is 3.14. The number of rotatable bonds is 2. The first kappa shape index (κ1) is 19.1. The van der Waals surface area contributed by atoms with Crippen LogP contribution in [0.3, 0.4) is 0 Å². The Labute approximate surface area is 180 Å². The van der Waals surface area contributed by atoms with Crippen LogP contribution in [0.15, 0.2) is 59.8 Å². The van der Waals surface area contributed by atoms with E-state index < -0.39 is 0 Å². The molecule has 2 aliphatic rings. The van der Waals surface area contributed by atoms with Gasteiger partial charge in [0.25, 0.3) is 0 Å². The van der Waals surface area contributed by atoms with Crippen LogP contribution in [-0.2, 0) is 4.79 Å². The highest BCUT2D eigenvalue weighted by atomic mass is 35.5. The van der Waals surface area contributed by atoms with Gasteiger partial charge >= 0.3 is 0 Å². The van der Waals surface area contributed by atoms with Gasteiger partial charge in [0.15, 0.2) is 11.6 Å². The van der Waals surface area contributed by atoms with E-state index in [1.807, 2.05) is 47.1 Å². The van der Waals surface area contributed by atoms with Gasteiger partial charge in [-0.15, -0.1) is 5.10 Å². The molecule has 3 aromatic rings. The van der Waals surface area contributed by atoms with E-state index in [4.69, 9.17) is 21.7 Å². The normalized spacial score (nSPS) is 19.9.